The lowest BCUT2D eigenvalue weighted by molar-refractivity contribution is 0.180. The van der Waals surface area contributed by atoms with Gasteiger partial charge in [0.1, 0.15) is 5.75 Å². The van der Waals surface area contributed by atoms with Crippen molar-refractivity contribution in [1.82, 2.24) is 0 Å². The average Bonchev–Trinajstić information content (AvgIpc) is 2.72. The molecule has 1 aromatic rings. The molecule has 12 heteroatoms. The van der Waals surface area contributed by atoms with E-state index in [9.17, 15) is 5.11 Å². The van der Waals surface area contributed by atoms with Crippen LogP contribution in [0.1, 0.15) is 45.1 Å². The van der Waals surface area contributed by atoms with Gasteiger partial charge in [-0.1, -0.05) is 63.4 Å². The van der Waals surface area contributed by atoms with Gasteiger partial charge in [0, 0.05) is 62.6 Å². The zero-order valence-corrected chi connectivity index (χ0v) is 19.6. The number of hydrogen-bond donors (Lipinski definition) is 1. The van der Waals surface area contributed by atoms with E-state index in [1.807, 2.05) is 0 Å². The van der Waals surface area contributed by atoms with Gasteiger partial charge in [-0.25, -0.2) is 0 Å². The van der Waals surface area contributed by atoms with Crippen molar-refractivity contribution in [2.45, 2.75) is 58.3 Å². The molecular formula is C17H38B10O2. The summed E-state index contributed by atoms with van der Waals surface area (Å²) in [5, 5.41) is 10.0. The highest BCUT2D eigenvalue weighted by atomic mass is 16.5. The molecular weight excluding hydrogens is 344 g/mol. The second-order valence-electron chi connectivity index (χ2n) is 9.25. The fourth-order valence-electron chi connectivity index (χ4n) is 3.99. The van der Waals surface area contributed by atoms with Crippen molar-refractivity contribution in [2.75, 3.05) is 7.11 Å². The highest BCUT2D eigenvalue weighted by molar-refractivity contribution is 7.69. The van der Waals surface area contributed by atoms with Crippen LogP contribution >= 0.6 is 0 Å². The van der Waals surface area contributed by atoms with Gasteiger partial charge in [-0.3, -0.25) is 0 Å². The normalized spacial score (nSPS) is 11.1. The first-order valence-electron chi connectivity index (χ1n) is 12.4. The molecule has 0 heterocycles. The quantitative estimate of drug-likeness (QED) is 0.217. The number of ether oxygens (including phenoxy) is 1. The largest absolute Gasteiger partial charge is 0.497 e. The molecule has 0 radical (unpaired) electrons. The number of unbranched alkanes of at least 4 members (excludes halogenated alkanes) is 1. The molecule has 0 bridgehead atoms. The van der Waals surface area contributed by atoms with Crippen LogP contribution < -0.4 is 4.74 Å². The maximum absolute atomic E-state index is 10.0. The number of aliphatic hydroxyl groups excluding tert-OH is 1. The summed E-state index contributed by atoms with van der Waals surface area (Å²) in [6.07, 6.45) is 6.92. The molecule has 1 N–H and O–H groups in total. The fourth-order valence-corrected chi connectivity index (χ4v) is 3.99. The first-order chi connectivity index (χ1) is 14.1. The molecule has 1 rings (SSSR count). The first kappa shape index (κ1) is 26.7. The lowest BCUT2D eigenvalue weighted by Crippen LogP contribution is -2.33. The van der Waals surface area contributed by atoms with Crippen molar-refractivity contribution in [3.63, 3.8) is 0 Å². The van der Waals surface area contributed by atoms with Gasteiger partial charge in [0.2, 0.25) is 0 Å². The predicted octanol–water partition coefficient (Wildman–Crippen LogP) is -2.21. The van der Waals surface area contributed by atoms with Gasteiger partial charge in [-0.05, 0) is 24.5 Å². The Balaban J connectivity index is 1.80. The van der Waals surface area contributed by atoms with Crippen LogP contribution in [0.15, 0.2) is 24.3 Å². The van der Waals surface area contributed by atoms with Crippen molar-refractivity contribution in [3.05, 3.63) is 29.8 Å². The molecule has 0 saturated heterocycles. The minimum absolute atomic E-state index is 0.0555. The number of hydrogen-bond acceptors (Lipinski definition) is 2. The Labute approximate surface area is 187 Å². The molecule has 0 amide bonds. The number of aliphatic hydroxyl groups is 1. The molecule has 0 saturated carbocycles. The minimum atomic E-state index is -0.0555. The molecule has 1 unspecified atom stereocenters. The van der Waals surface area contributed by atoms with Gasteiger partial charge < -0.3 is 9.84 Å². The second-order valence-corrected chi connectivity index (χ2v) is 9.25. The zero-order valence-electron chi connectivity index (χ0n) is 19.6. The molecule has 0 aliphatic heterocycles. The SMILES string of the molecule is COc1ccc(CBBBBBBBBBBCC(O)CCCCC(C)C)cc1. The molecule has 29 heavy (non-hydrogen) atoms. The molecule has 0 aliphatic rings. The Hall–Kier alpha value is -0.371. The van der Waals surface area contributed by atoms with E-state index in [2.05, 4.69) is 38.1 Å². The standard InChI is InChI=1S/C17H38B10O2/c1-14(2)6-4-5-7-16(28)13-19-21-23-25-27-26-24-22-20-18-12-15-8-10-17(29-3)11-9-15/h8-11,14,16,18-28H,4-7,12-13H2,1-3H3. The van der Waals surface area contributed by atoms with E-state index in [0.717, 1.165) is 24.4 Å². The Morgan fingerprint density at radius 3 is 1.93 bits per heavy atom. The summed E-state index contributed by atoms with van der Waals surface area (Å²) in [4.78, 5) is 0. The lowest BCUT2D eigenvalue weighted by atomic mass is 8.88. The number of benzene rings is 1. The first-order valence-corrected chi connectivity index (χ1v) is 12.4. The summed E-state index contributed by atoms with van der Waals surface area (Å²) in [6, 6.07) is 8.49. The summed E-state index contributed by atoms with van der Waals surface area (Å²) < 4.78 is 5.20. The fraction of sp³-hybridized carbons (Fsp3) is 0.647. The van der Waals surface area contributed by atoms with Crippen LogP contribution in [0.3, 0.4) is 0 Å². The molecule has 0 fully saturated rings. The molecule has 0 spiro atoms. The van der Waals surface area contributed by atoms with Crippen LogP contribution in [-0.4, -0.2) is 89.1 Å². The van der Waals surface area contributed by atoms with Gasteiger partial charge in [-0.15, -0.1) is 0 Å². The molecule has 1 atom stereocenters. The molecule has 148 valence electrons. The maximum atomic E-state index is 10.0. The van der Waals surface area contributed by atoms with Crippen molar-refractivity contribution in [1.29, 1.82) is 0 Å². The Morgan fingerprint density at radius 2 is 1.34 bits per heavy atom. The van der Waals surface area contributed by atoms with Gasteiger partial charge in [0.05, 0.1) is 21.5 Å². The van der Waals surface area contributed by atoms with Crippen molar-refractivity contribution >= 4 is 70.8 Å². The Bertz CT molecular complexity index is 492. The van der Waals surface area contributed by atoms with E-state index >= 15 is 0 Å². The van der Waals surface area contributed by atoms with Crippen LogP contribution in [0.25, 0.3) is 0 Å². The molecule has 0 aromatic heterocycles. The van der Waals surface area contributed by atoms with Crippen molar-refractivity contribution in [2.24, 2.45) is 5.92 Å². The third-order valence-corrected chi connectivity index (χ3v) is 5.98. The summed E-state index contributed by atoms with van der Waals surface area (Å²) in [7, 11) is 15.1. The lowest BCUT2D eigenvalue weighted by Gasteiger charge is -2.10. The topological polar surface area (TPSA) is 29.5 Å². The maximum Gasteiger partial charge on any atom is 0.118 e. The van der Waals surface area contributed by atoms with E-state index in [1.165, 1.54) is 102 Å². The molecule has 0 aliphatic carbocycles. The Kier molecular flexibility index (Phi) is 16.9. The van der Waals surface area contributed by atoms with E-state index in [0.29, 0.717) is 0 Å². The highest BCUT2D eigenvalue weighted by Crippen LogP contribution is 2.11. The van der Waals surface area contributed by atoms with Crippen LogP contribution in [0, 0.1) is 5.92 Å². The summed E-state index contributed by atoms with van der Waals surface area (Å²) in [6.45, 7) is 4.56. The highest BCUT2D eigenvalue weighted by Gasteiger charge is 2.07. The van der Waals surface area contributed by atoms with Crippen LogP contribution in [0.5, 0.6) is 5.75 Å². The summed E-state index contributed by atoms with van der Waals surface area (Å²) >= 11 is 0. The smallest absolute Gasteiger partial charge is 0.118 e. The molecule has 1 aromatic carbocycles. The zero-order chi connectivity index (χ0) is 21.2. The van der Waals surface area contributed by atoms with Crippen LogP contribution in [0.4, 0.5) is 0 Å². The third kappa shape index (κ3) is 16.0. The van der Waals surface area contributed by atoms with Gasteiger partial charge >= 0.3 is 0 Å². The van der Waals surface area contributed by atoms with Gasteiger partial charge in [-0.2, -0.15) is 0 Å². The van der Waals surface area contributed by atoms with Gasteiger partial charge in [0.15, 0.2) is 0 Å². The van der Waals surface area contributed by atoms with Crippen LogP contribution in [0.2, 0.25) is 6.32 Å². The molecule has 2 nitrogen and oxygen atoms in total. The number of methoxy groups -OCH3 is 1. The van der Waals surface area contributed by atoms with Crippen LogP contribution in [-0.2, 0) is 6.32 Å². The van der Waals surface area contributed by atoms with Crippen molar-refractivity contribution < 1.29 is 9.84 Å². The summed E-state index contributed by atoms with van der Waals surface area (Å²) in [5.74, 6) is 1.74. The van der Waals surface area contributed by atoms with E-state index < -0.39 is 0 Å². The van der Waals surface area contributed by atoms with E-state index in [-0.39, 0.29) is 6.10 Å². The second kappa shape index (κ2) is 18.4. The van der Waals surface area contributed by atoms with E-state index in [4.69, 9.17) is 4.74 Å². The third-order valence-electron chi connectivity index (χ3n) is 5.98. The Morgan fingerprint density at radius 1 is 0.793 bits per heavy atom. The van der Waals surface area contributed by atoms with Crippen molar-refractivity contribution in [3.8, 4) is 5.75 Å². The summed E-state index contributed by atoms with van der Waals surface area (Å²) in [5.41, 5.74) is 1.42. The van der Waals surface area contributed by atoms with E-state index in [1.54, 1.807) is 7.11 Å². The predicted molar refractivity (Wildman–Crippen MR) is 152 cm³/mol. The number of rotatable bonds is 19. The van der Waals surface area contributed by atoms with Gasteiger partial charge in [0.25, 0.3) is 0 Å². The minimum Gasteiger partial charge on any atom is -0.497 e. The average molecular weight is 383 g/mol. The monoisotopic (exact) mass is 384 g/mol.